The number of piperidine rings is 1. The third kappa shape index (κ3) is 3.49. The average molecular weight is 368 g/mol. The van der Waals surface area contributed by atoms with E-state index in [-0.39, 0.29) is 0 Å². The molecule has 0 radical (unpaired) electrons. The Bertz CT molecular complexity index is 918. The van der Waals surface area contributed by atoms with Crippen LogP contribution in [0.3, 0.4) is 0 Å². The number of methoxy groups -OCH3 is 1. The monoisotopic (exact) mass is 368 g/mol. The summed E-state index contributed by atoms with van der Waals surface area (Å²) in [5.41, 5.74) is 0. The number of hydrogen-bond acceptors (Lipinski definition) is 7. The highest BCUT2D eigenvalue weighted by molar-refractivity contribution is 5.41. The molecule has 0 aromatic carbocycles. The summed E-state index contributed by atoms with van der Waals surface area (Å²) < 4.78 is 9.42. The van der Waals surface area contributed by atoms with E-state index in [9.17, 15) is 0 Å². The standard InChI is InChI=1S/C18H24N8O/c1-13-19-6-8-25(13)11-16-22-23-18(24(16)2)14-5-4-7-26(10-14)15-9-17(27-3)21-12-20-15/h6,8-9,12,14H,4-5,7,10-11H2,1-3H3/t14-/m0/s1. The van der Waals surface area contributed by atoms with Gasteiger partial charge in [0.25, 0.3) is 0 Å². The minimum atomic E-state index is 0.315. The molecule has 9 nitrogen and oxygen atoms in total. The molecule has 0 aliphatic carbocycles. The number of rotatable bonds is 5. The molecule has 0 saturated carbocycles. The van der Waals surface area contributed by atoms with Gasteiger partial charge in [0, 0.05) is 44.5 Å². The second-order valence-electron chi connectivity index (χ2n) is 6.84. The lowest BCUT2D eigenvalue weighted by molar-refractivity contribution is 0.396. The molecular formula is C18H24N8O. The Balaban J connectivity index is 1.52. The second-order valence-corrected chi connectivity index (χ2v) is 6.84. The van der Waals surface area contributed by atoms with Crippen LogP contribution in [0.15, 0.2) is 24.8 Å². The van der Waals surface area contributed by atoms with Gasteiger partial charge in [-0.2, -0.15) is 0 Å². The summed E-state index contributed by atoms with van der Waals surface area (Å²) in [5.74, 6) is 4.72. The molecule has 27 heavy (non-hydrogen) atoms. The van der Waals surface area contributed by atoms with Crippen molar-refractivity contribution >= 4 is 5.82 Å². The largest absolute Gasteiger partial charge is 0.481 e. The summed E-state index contributed by atoms with van der Waals surface area (Å²) in [6.45, 7) is 4.49. The minimum Gasteiger partial charge on any atom is -0.481 e. The summed E-state index contributed by atoms with van der Waals surface area (Å²) in [4.78, 5) is 15.0. The zero-order valence-electron chi connectivity index (χ0n) is 15.9. The molecule has 3 aromatic rings. The van der Waals surface area contributed by atoms with E-state index in [1.165, 1.54) is 0 Å². The first kappa shape index (κ1) is 17.4. The molecule has 4 heterocycles. The SMILES string of the molecule is COc1cc(N2CCC[C@H](c3nnc(Cn4ccnc4C)n3C)C2)ncn1. The van der Waals surface area contributed by atoms with Crippen molar-refractivity contribution in [3.8, 4) is 5.88 Å². The quantitative estimate of drug-likeness (QED) is 0.675. The average Bonchev–Trinajstić information content (AvgIpc) is 3.28. The van der Waals surface area contributed by atoms with Gasteiger partial charge in [0.05, 0.1) is 13.7 Å². The molecule has 1 aliphatic rings. The summed E-state index contributed by atoms with van der Waals surface area (Å²) in [6, 6.07) is 1.88. The second kappa shape index (κ2) is 7.34. The van der Waals surface area contributed by atoms with Crippen molar-refractivity contribution in [1.82, 2.24) is 34.3 Å². The first-order valence-corrected chi connectivity index (χ1v) is 9.12. The van der Waals surface area contributed by atoms with Crippen LogP contribution in [0.2, 0.25) is 0 Å². The van der Waals surface area contributed by atoms with E-state index >= 15 is 0 Å². The van der Waals surface area contributed by atoms with Crippen LogP contribution in [0.4, 0.5) is 5.82 Å². The number of imidazole rings is 1. The molecule has 142 valence electrons. The summed E-state index contributed by atoms with van der Waals surface area (Å²) >= 11 is 0. The van der Waals surface area contributed by atoms with Gasteiger partial charge in [-0.25, -0.2) is 15.0 Å². The Hall–Kier alpha value is -2.97. The zero-order chi connectivity index (χ0) is 18.8. The topological polar surface area (TPSA) is 86.8 Å². The summed E-state index contributed by atoms with van der Waals surface area (Å²) in [5, 5.41) is 8.94. The van der Waals surface area contributed by atoms with Crippen LogP contribution in [0.25, 0.3) is 0 Å². The van der Waals surface area contributed by atoms with Gasteiger partial charge >= 0.3 is 0 Å². The zero-order valence-corrected chi connectivity index (χ0v) is 15.9. The highest BCUT2D eigenvalue weighted by Crippen LogP contribution is 2.29. The number of hydrogen-bond donors (Lipinski definition) is 0. The normalized spacial score (nSPS) is 17.3. The van der Waals surface area contributed by atoms with Crippen molar-refractivity contribution in [2.75, 3.05) is 25.1 Å². The molecule has 0 spiro atoms. The molecule has 0 N–H and O–H groups in total. The van der Waals surface area contributed by atoms with Crippen LogP contribution >= 0.6 is 0 Å². The molecule has 1 aliphatic heterocycles. The summed E-state index contributed by atoms with van der Waals surface area (Å²) in [6.07, 6.45) is 7.50. The third-order valence-corrected chi connectivity index (χ3v) is 5.18. The van der Waals surface area contributed by atoms with Crippen molar-refractivity contribution in [2.24, 2.45) is 7.05 Å². The van der Waals surface area contributed by atoms with Gasteiger partial charge in [0.2, 0.25) is 5.88 Å². The molecule has 4 rings (SSSR count). The Labute approximate surface area is 158 Å². The van der Waals surface area contributed by atoms with Crippen LogP contribution in [-0.2, 0) is 13.6 Å². The lowest BCUT2D eigenvalue weighted by Crippen LogP contribution is -2.36. The molecule has 0 amide bonds. The van der Waals surface area contributed by atoms with Crippen molar-refractivity contribution < 1.29 is 4.74 Å². The Morgan fingerprint density at radius 2 is 2.11 bits per heavy atom. The maximum absolute atomic E-state index is 5.23. The van der Waals surface area contributed by atoms with Gasteiger partial charge < -0.3 is 18.8 Å². The molecule has 0 unspecified atom stereocenters. The first-order chi connectivity index (χ1) is 13.2. The lowest BCUT2D eigenvalue weighted by Gasteiger charge is -2.33. The molecule has 1 atom stereocenters. The molecule has 0 bridgehead atoms. The highest BCUT2D eigenvalue weighted by Gasteiger charge is 2.27. The minimum absolute atomic E-state index is 0.315. The van der Waals surface area contributed by atoms with Gasteiger partial charge in [-0.15, -0.1) is 10.2 Å². The van der Waals surface area contributed by atoms with Crippen molar-refractivity contribution in [1.29, 1.82) is 0 Å². The van der Waals surface area contributed by atoms with E-state index in [1.807, 2.05) is 32.4 Å². The van der Waals surface area contributed by atoms with Crippen LogP contribution in [-0.4, -0.2) is 54.5 Å². The first-order valence-electron chi connectivity index (χ1n) is 9.12. The van der Waals surface area contributed by atoms with Gasteiger partial charge in [-0.3, -0.25) is 0 Å². The van der Waals surface area contributed by atoms with Crippen molar-refractivity contribution in [2.45, 2.75) is 32.2 Å². The van der Waals surface area contributed by atoms with Gasteiger partial charge in [-0.05, 0) is 19.8 Å². The van der Waals surface area contributed by atoms with Crippen LogP contribution in [0.5, 0.6) is 5.88 Å². The lowest BCUT2D eigenvalue weighted by atomic mass is 9.97. The van der Waals surface area contributed by atoms with E-state index in [2.05, 4.69) is 39.2 Å². The number of aryl methyl sites for hydroxylation is 1. The van der Waals surface area contributed by atoms with E-state index < -0.39 is 0 Å². The molecule has 1 saturated heterocycles. The maximum Gasteiger partial charge on any atom is 0.218 e. The van der Waals surface area contributed by atoms with Crippen molar-refractivity contribution in [3.05, 3.63) is 42.3 Å². The molecular weight excluding hydrogens is 344 g/mol. The van der Waals surface area contributed by atoms with E-state index in [0.29, 0.717) is 18.3 Å². The Kier molecular flexibility index (Phi) is 4.74. The van der Waals surface area contributed by atoms with E-state index in [0.717, 1.165) is 49.2 Å². The van der Waals surface area contributed by atoms with Crippen molar-refractivity contribution in [3.63, 3.8) is 0 Å². The summed E-state index contributed by atoms with van der Waals surface area (Å²) in [7, 11) is 3.66. The fourth-order valence-corrected chi connectivity index (χ4v) is 3.60. The number of ether oxygens (including phenoxy) is 1. The van der Waals surface area contributed by atoms with Gasteiger partial charge in [-0.1, -0.05) is 0 Å². The third-order valence-electron chi connectivity index (χ3n) is 5.18. The Morgan fingerprint density at radius 3 is 2.89 bits per heavy atom. The smallest absolute Gasteiger partial charge is 0.218 e. The van der Waals surface area contributed by atoms with Gasteiger partial charge in [0.15, 0.2) is 5.82 Å². The van der Waals surface area contributed by atoms with E-state index in [1.54, 1.807) is 13.4 Å². The fourth-order valence-electron chi connectivity index (χ4n) is 3.60. The van der Waals surface area contributed by atoms with Crippen LogP contribution in [0, 0.1) is 6.92 Å². The van der Waals surface area contributed by atoms with Gasteiger partial charge in [0.1, 0.15) is 23.8 Å². The van der Waals surface area contributed by atoms with Crippen LogP contribution < -0.4 is 9.64 Å². The van der Waals surface area contributed by atoms with Crippen LogP contribution in [0.1, 0.15) is 36.2 Å². The molecule has 9 heteroatoms. The number of anilines is 1. The predicted molar refractivity (Wildman–Crippen MR) is 99.8 cm³/mol. The molecule has 3 aromatic heterocycles. The number of nitrogens with zero attached hydrogens (tertiary/aromatic N) is 8. The maximum atomic E-state index is 5.23. The molecule has 1 fully saturated rings. The number of aromatic nitrogens is 7. The Morgan fingerprint density at radius 1 is 1.22 bits per heavy atom. The van der Waals surface area contributed by atoms with E-state index in [4.69, 9.17) is 4.74 Å². The fraction of sp³-hybridized carbons (Fsp3) is 0.500. The highest BCUT2D eigenvalue weighted by atomic mass is 16.5. The predicted octanol–water partition coefficient (Wildman–Crippen LogP) is 1.55.